The van der Waals surface area contributed by atoms with Crippen LogP contribution in [-0.2, 0) is 25.5 Å². The van der Waals surface area contributed by atoms with Crippen molar-refractivity contribution in [3.8, 4) is 23.0 Å². The number of aliphatic carboxylic acids is 1. The van der Waals surface area contributed by atoms with Gasteiger partial charge >= 0.3 is 11.9 Å². The van der Waals surface area contributed by atoms with Crippen LogP contribution in [0, 0.1) is 0 Å². The molecule has 1 fully saturated rings. The van der Waals surface area contributed by atoms with Crippen LogP contribution in [-0.4, -0.2) is 85.0 Å². The van der Waals surface area contributed by atoms with Gasteiger partial charge in [0, 0.05) is 12.5 Å². The van der Waals surface area contributed by atoms with Crippen LogP contribution in [0.25, 0.3) is 6.08 Å². The van der Waals surface area contributed by atoms with E-state index in [9.17, 15) is 40.2 Å². The highest BCUT2D eigenvalue weighted by Gasteiger charge is 2.45. The average Bonchev–Trinajstić information content (AvgIpc) is 2.84. The van der Waals surface area contributed by atoms with Crippen LogP contribution < -0.4 is 4.74 Å². The van der Waals surface area contributed by atoms with Crippen LogP contribution in [0.2, 0.25) is 0 Å². The van der Waals surface area contributed by atoms with E-state index in [1.807, 2.05) is 0 Å². The maximum Gasteiger partial charge on any atom is 0.330 e. The fourth-order valence-electron chi connectivity index (χ4n) is 3.37. The van der Waals surface area contributed by atoms with Gasteiger partial charge < -0.3 is 50.0 Å². The van der Waals surface area contributed by atoms with Gasteiger partial charge in [-0.2, -0.15) is 0 Å². The highest BCUT2D eigenvalue weighted by atomic mass is 16.7. The number of carboxylic acids is 1. The first-order valence-electron chi connectivity index (χ1n) is 10.8. The predicted octanol–water partition coefficient (Wildman–Crippen LogP) is 0.264. The first kappa shape index (κ1) is 26.8. The van der Waals surface area contributed by atoms with Gasteiger partial charge in [0.1, 0.15) is 31.0 Å². The number of carboxylic acid groups (broad SMARTS) is 1. The maximum atomic E-state index is 12.0. The lowest BCUT2D eigenvalue weighted by atomic mass is 9.99. The van der Waals surface area contributed by atoms with Crippen molar-refractivity contribution >= 4 is 18.0 Å². The molecule has 0 radical (unpaired) electrons. The summed E-state index contributed by atoms with van der Waals surface area (Å²) < 4.78 is 15.9. The van der Waals surface area contributed by atoms with Gasteiger partial charge in [-0.1, -0.05) is 12.1 Å². The SMILES string of the molecule is O=C(O)CCc1ccc(O[C@H]2O[C@@H](COC(=O)C=Cc3ccc(O)c(O)c3)[C@H](O)[C@@H](O)[C@@H]2O)c(O)c1. The number of hydrogen-bond donors (Lipinski definition) is 7. The Morgan fingerprint density at radius 2 is 1.67 bits per heavy atom. The highest BCUT2D eigenvalue weighted by Crippen LogP contribution is 2.31. The lowest BCUT2D eigenvalue weighted by Crippen LogP contribution is -2.60. The molecule has 0 saturated carbocycles. The minimum absolute atomic E-state index is 0.127. The summed E-state index contributed by atoms with van der Waals surface area (Å²) in [4.78, 5) is 22.7. The number of aliphatic hydroxyl groups is 3. The third-order valence-electron chi connectivity index (χ3n) is 5.36. The Morgan fingerprint density at radius 3 is 2.33 bits per heavy atom. The summed E-state index contributed by atoms with van der Waals surface area (Å²) in [6, 6.07) is 8.04. The molecule has 36 heavy (non-hydrogen) atoms. The van der Waals surface area contributed by atoms with Gasteiger partial charge in [0.15, 0.2) is 23.0 Å². The molecule has 0 unspecified atom stereocenters. The lowest BCUT2D eigenvalue weighted by Gasteiger charge is -2.39. The Morgan fingerprint density at radius 1 is 0.917 bits per heavy atom. The van der Waals surface area contributed by atoms with Gasteiger partial charge in [-0.15, -0.1) is 0 Å². The standard InChI is InChI=1S/C24H26O12/c25-14-5-1-12(9-15(14)26)4-8-20(30)34-11-18-21(31)22(32)23(33)24(36-18)35-17-6-2-13(10-16(17)27)3-7-19(28)29/h1-2,4-6,8-10,18,21-27,31-33H,3,7,11H2,(H,28,29)/t18-,21-,22+,23-,24-/m0/s1. The number of carbonyl (C=O) groups is 2. The molecule has 0 amide bonds. The third-order valence-corrected chi connectivity index (χ3v) is 5.36. The molecule has 194 valence electrons. The Labute approximate surface area is 204 Å². The highest BCUT2D eigenvalue weighted by molar-refractivity contribution is 5.87. The number of ether oxygens (including phenoxy) is 3. The van der Waals surface area contributed by atoms with Gasteiger partial charge in [-0.3, -0.25) is 4.79 Å². The zero-order chi connectivity index (χ0) is 26.4. The number of rotatable bonds is 9. The van der Waals surface area contributed by atoms with Crippen molar-refractivity contribution in [2.45, 2.75) is 43.5 Å². The molecule has 0 aromatic heterocycles. The summed E-state index contributed by atoms with van der Waals surface area (Å²) in [7, 11) is 0. The van der Waals surface area contributed by atoms with E-state index in [0.29, 0.717) is 11.1 Å². The Bertz CT molecular complexity index is 1110. The smallest absolute Gasteiger partial charge is 0.330 e. The zero-order valence-electron chi connectivity index (χ0n) is 18.8. The summed E-state index contributed by atoms with van der Waals surface area (Å²) in [6.07, 6.45) is -5.51. The summed E-state index contributed by atoms with van der Waals surface area (Å²) in [6.45, 7) is -0.519. The molecule has 1 aliphatic heterocycles. The summed E-state index contributed by atoms with van der Waals surface area (Å²) in [5, 5.41) is 68.4. The Kier molecular flexibility index (Phi) is 8.72. The van der Waals surface area contributed by atoms with Crippen LogP contribution >= 0.6 is 0 Å². The number of benzene rings is 2. The predicted molar refractivity (Wildman–Crippen MR) is 121 cm³/mol. The van der Waals surface area contributed by atoms with Gasteiger partial charge in [-0.25, -0.2) is 4.79 Å². The summed E-state index contributed by atoms with van der Waals surface area (Å²) in [5.74, 6) is -3.02. The normalized spacial score (nSPS) is 23.9. The Hall–Kier alpha value is -3.84. The van der Waals surface area contributed by atoms with Crippen LogP contribution in [0.1, 0.15) is 17.5 Å². The molecule has 2 aromatic carbocycles. The molecule has 1 aliphatic rings. The van der Waals surface area contributed by atoms with Gasteiger partial charge in [0.05, 0.1) is 0 Å². The number of phenols is 3. The number of phenolic OH excluding ortho intramolecular Hbond substituents is 3. The summed E-state index contributed by atoms with van der Waals surface area (Å²) in [5.41, 5.74) is 0.931. The fourth-order valence-corrected chi connectivity index (χ4v) is 3.37. The third kappa shape index (κ3) is 6.86. The van der Waals surface area contributed by atoms with Gasteiger partial charge in [0.2, 0.25) is 6.29 Å². The minimum Gasteiger partial charge on any atom is -0.504 e. The van der Waals surface area contributed by atoms with Crippen molar-refractivity contribution in [1.29, 1.82) is 0 Å². The number of hydrogen-bond acceptors (Lipinski definition) is 11. The van der Waals surface area contributed by atoms with E-state index in [2.05, 4.69) is 0 Å². The summed E-state index contributed by atoms with van der Waals surface area (Å²) >= 11 is 0. The second kappa shape index (κ2) is 11.7. The molecule has 7 N–H and O–H groups in total. The van der Waals surface area contributed by atoms with Crippen molar-refractivity contribution < 1.29 is 59.5 Å². The minimum atomic E-state index is -1.72. The lowest BCUT2D eigenvalue weighted by molar-refractivity contribution is -0.278. The molecular weight excluding hydrogens is 480 g/mol. The van der Waals surface area contributed by atoms with Crippen molar-refractivity contribution in [2.24, 2.45) is 0 Å². The first-order valence-corrected chi connectivity index (χ1v) is 10.8. The zero-order valence-corrected chi connectivity index (χ0v) is 18.8. The molecule has 0 aliphatic carbocycles. The first-order chi connectivity index (χ1) is 17.0. The van der Waals surface area contributed by atoms with Crippen LogP contribution in [0.5, 0.6) is 23.0 Å². The second-order valence-corrected chi connectivity index (χ2v) is 8.04. The molecule has 5 atom stereocenters. The second-order valence-electron chi connectivity index (χ2n) is 8.04. The number of aliphatic hydroxyl groups excluding tert-OH is 3. The quantitative estimate of drug-likeness (QED) is 0.139. The van der Waals surface area contributed by atoms with Crippen LogP contribution in [0.15, 0.2) is 42.5 Å². The van der Waals surface area contributed by atoms with E-state index in [-0.39, 0.29) is 35.8 Å². The molecule has 0 bridgehead atoms. The average molecular weight is 506 g/mol. The van der Waals surface area contributed by atoms with Crippen molar-refractivity contribution in [1.82, 2.24) is 0 Å². The molecule has 12 heteroatoms. The van der Waals surface area contributed by atoms with Crippen molar-refractivity contribution in [2.75, 3.05) is 6.61 Å². The fraction of sp³-hybridized carbons (Fsp3) is 0.333. The molecule has 3 rings (SSSR count). The molecule has 12 nitrogen and oxygen atoms in total. The molecular formula is C24H26O12. The number of aromatic hydroxyl groups is 3. The maximum absolute atomic E-state index is 12.0. The van der Waals surface area contributed by atoms with E-state index >= 15 is 0 Å². The monoisotopic (exact) mass is 506 g/mol. The van der Waals surface area contributed by atoms with E-state index in [0.717, 1.165) is 6.08 Å². The van der Waals surface area contributed by atoms with Crippen LogP contribution in [0.4, 0.5) is 0 Å². The van der Waals surface area contributed by atoms with Gasteiger partial charge in [0.25, 0.3) is 0 Å². The van der Waals surface area contributed by atoms with E-state index in [4.69, 9.17) is 19.3 Å². The van der Waals surface area contributed by atoms with Crippen molar-refractivity contribution in [3.05, 3.63) is 53.6 Å². The molecule has 1 heterocycles. The largest absolute Gasteiger partial charge is 0.504 e. The van der Waals surface area contributed by atoms with Crippen molar-refractivity contribution in [3.63, 3.8) is 0 Å². The number of carbonyl (C=O) groups excluding carboxylic acids is 1. The molecule has 2 aromatic rings. The number of aryl methyl sites for hydroxylation is 1. The van der Waals surface area contributed by atoms with Gasteiger partial charge in [-0.05, 0) is 47.9 Å². The van der Waals surface area contributed by atoms with E-state index in [1.54, 1.807) is 0 Å². The van der Waals surface area contributed by atoms with Crippen LogP contribution in [0.3, 0.4) is 0 Å². The molecule has 0 spiro atoms. The Balaban J connectivity index is 1.60. The van der Waals surface area contributed by atoms with E-state index in [1.165, 1.54) is 42.5 Å². The number of esters is 1. The topological polar surface area (TPSA) is 203 Å². The molecule has 1 saturated heterocycles. The van der Waals surface area contributed by atoms with E-state index < -0.39 is 49.3 Å².